The smallest absolute Gasteiger partial charge is 0.251 e. The molecule has 1 aliphatic heterocycles. The van der Waals surface area contributed by atoms with E-state index in [9.17, 15) is 4.79 Å². The van der Waals surface area contributed by atoms with E-state index in [1.807, 2.05) is 30.5 Å². The highest BCUT2D eigenvalue weighted by atomic mass is 32.1. The molecule has 1 fully saturated rings. The van der Waals surface area contributed by atoms with Gasteiger partial charge >= 0.3 is 0 Å². The molecule has 0 aliphatic carbocycles. The minimum absolute atomic E-state index is 0.0466. The number of hydrogen-bond donors (Lipinski definition) is 2. The first kappa shape index (κ1) is 17.9. The van der Waals surface area contributed by atoms with Crippen LogP contribution >= 0.6 is 11.3 Å². The van der Waals surface area contributed by atoms with Crippen LogP contribution in [0.15, 0.2) is 29.6 Å². The fraction of sp³-hybridized carbons (Fsp3) is 0.474. The lowest BCUT2D eigenvalue weighted by Gasteiger charge is -2.34. The van der Waals surface area contributed by atoms with Crippen LogP contribution in [0.1, 0.15) is 40.8 Å². The minimum atomic E-state index is -0.0466. The Labute approximate surface area is 152 Å². The number of rotatable bonds is 6. The van der Waals surface area contributed by atoms with Gasteiger partial charge in [-0.25, -0.2) is 4.98 Å². The van der Waals surface area contributed by atoms with Crippen molar-refractivity contribution in [3.8, 4) is 5.75 Å². The molecule has 6 heteroatoms. The Hall–Kier alpha value is -1.92. The molecule has 0 saturated carbocycles. The zero-order valence-corrected chi connectivity index (χ0v) is 15.6. The summed E-state index contributed by atoms with van der Waals surface area (Å²) in [7, 11) is 0. The predicted molar refractivity (Wildman–Crippen MR) is 100 cm³/mol. The van der Waals surface area contributed by atoms with E-state index in [-0.39, 0.29) is 11.3 Å². The number of carbonyl (C=O) groups is 1. The lowest BCUT2D eigenvalue weighted by atomic mass is 9.81. The first-order chi connectivity index (χ1) is 12.0. The molecular weight excluding hydrogens is 334 g/mol. The van der Waals surface area contributed by atoms with Crippen molar-refractivity contribution in [3.63, 3.8) is 0 Å². The first-order valence-corrected chi connectivity index (χ1v) is 9.55. The molecule has 2 aromatic rings. The summed E-state index contributed by atoms with van der Waals surface area (Å²) in [5.74, 6) is 0.640. The van der Waals surface area contributed by atoms with E-state index < -0.39 is 0 Å². The van der Waals surface area contributed by atoms with Gasteiger partial charge in [-0.2, -0.15) is 0 Å². The number of nitrogens with zero attached hydrogens (tertiary/aromatic N) is 1. The van der Waals surface area contributed by atoms with Gasteiger partial charge in [0, 0.05) is 17.5 Å². The number of hydrogen-bond acceptors (Lipinski definition) is 5. The van der Waals surface area contributed by atoms with E-state index in [1.54, 1.807) is 17.4 Å². The summed E-state index contributed by atoms with van der Waals surface area (Å²) in [4.78, 5) is 16.8. The summed E-state index contributed by atoms with van der Waals surface area (Å²) >= 11 is 1.61. The van der Waals surface area contributed by atoms with Crippen LogP contribution in [0.25, 0.3) is 0 Å². The lowest BCUT2D eigenvalue weighted by Crippen LogP contribution is -2.42. The average molecular weight is 359 g/mol. The van der Waals surface area contributed by atoms with Crippen molar-refractivity contribution in [3.05, 3.63) is 45.9 Å². The number of piperidine rings is 1. The summed E-state index contributed by atoms with van der Waals surface area (Å²) in [5, 5.41) is 9.46. The van der Waals surface area contributed by atoms with Crippen LogP contribution in [0.3, 0.4) is 0 Å². The van der Waals surface area contributed by atoms with Crippen LogP contribution in [0.2, 0.25) is 0 Å². The monoisotopic (exact) mass is 359 g/mol. The van der Waals surface area contributed by atoms with Gasteiger partial charge in [0.1, 0.15) is 12.4 Å². The second-order valence-corrected chi connectivity index (χ2v) is 7.98. The second-order valence-electron chi connectivity index (χ2n) is 6.92. The molecule has 1 aromatic carbocycles. The lowest BCUT2D eigenvalue weighted by molar-refractivity contribution is 0.0922. The van der Waals surface area contributed by atoms with Gasteiger partial charge in [-0.15, -0.1) is 11.3 Å². The largest absolute Gasteiger partial charge is 0.487 e. The summed E-state index contributed by atoms with van der Waals surface area (Å²) in [6.45, 7) is 7.38. The number of benzene rings is 1. The third-order valence-corrected chi connectivity index (χ3v) is 5.46. The molecular formula is C19H25N3O2S. The molecule has 1 aliphatic rings. The highest BCUT2D eigenvalue weighted by molar-refractivity contribution is 7.09. The molecule has 0 unspecified atom stereocenters. The third kappa shape index (κ3) is 5.03. The maximum Gasteiger partial charge on any atom is 0.251 e. The third-order valence-electron chi connectivity index (χ3n) is 4.64. The molecule has 1 saturated heterocycles. The fourth-order valence-corrected chi connectivity index (χ4v) is 3.56. The van der Waals surface area contributed by atoms with Crippen LogP contribution in [-0.4, -0.2) is 30.5 Å². The Balaban J connectivity index is 1.55. The van der Waals surface area contributed by atoms with Crippen LogP contribution in [0.5, 0.6) is 5.75 Å². The van der Waals surface area contributed by atoms with Crippen LogP contribution in [0, 0.1) is 12.3 Å². The number of aromatic nitrogens is 1. The van der Waals surface area contributed by atoms with E-state index in [1.165, 1.54) is 0 Å². The Kier molecular flexibility index (Phi) is 5.71. The molecule has 1 amide bonds. The Morgan fingerprint density at radius 2 is 2.20 bits per heavy atom. The summed E-state index contributed by atoms with van der Waals surface area (Å²) in [6, 6.07) is 7.33. The highest BCUT2D eigenvalue weighted by Crippen LogP contribution is 2.27. The van der Waals surface area contributed by atoms with E-state index in [4.69, 9.17) is 4.74 Å². The van der Waals surface area contributed by atoms with Crippen LogP contribution < -0.4 is 15.4 Å². The van der Waals surface area contributed by atoms with E-state index in [0.717, 1.165) is 36.6 Å². The molecule has 0 spiro atoms. The van der Waals surface area contributed by atoms with E-state index in [0.29, 0.717) is 24.5 Å². The number of thiazole rings is 1. The molecule has 0 radical (unpaired) electrons. The van der Waals surface area contributed by atoms with Crippen molar-refractivity contribution in [2.24, 2.45) is 5.41 Å². The summed E-state index contributed by atoms with van der Waals surface area (Å²) in [5.41, 5.74) is 1.72. The van der Waals surface area contributed by atoms with Crippen molar-refractivity contribution in [2.45, 2.75) is 33.3 Å². The number of nitrogens with one attached hydrogen (secondary N) is 2. The maximum absolute atomic E-state index is 12.5. The molecule has 3 rings (SSSR count). The van der Waals surface area contributed by atoms with Gasteiger partial charge in [0.05, 0.1) is 10.7 Å². The van der Waals surface area contributed by atoms with Crippen molar-refractivity contribution in [2.75, 3.05) is 19.6 Å². The van der Waals surface area contributed by atoms with Crippen molar-refractivity contribution in [1.29, 1.82) is 0 Å². The Morgan fingerprint density at radius 3 is 2.92 bits per heavy atom. The molecule has 2 heterocycles. The van der Waals surface area contributed by atoms with Gasteiger partial charge < -0.3 is 15.4 Å². The molecule has 25 heavy (non-hydrogen) atoms. The minimum Gasteiger partial charge on any atom is -0.487 e. The standard InChI is InChI=1S/C19H25N3O2S/c1-14-22-16(12-25-14)11-24-17-5-3-4-15(10-17)18(23)21-13-19(2)6-8-20-9-7-19/h3-5,10,12,20H,6-9,11,13H2,1-2H3,(H,21,23). The molecule has 5 nitrogen and oxygen atoms in total. The summed E-state index contributed by atoms with van der Waals surface area (Å²) < 4.78 is 5.77. The normalized spacial score (nSPS) is 16.4. The average Bonchev–Trinajstić information content (AvgIpc) is 3.04. The van der Waals surface area contributed by atoms with Gasteiger partial charge in [0.25, 0.3) is 5.91 Å². The van der Waals surface area contributed by atoms with Crippen LogP contribution in [0.4, 0.5) is 0 Å². The highest BCUT2D eigenvalue weighted by Gasteiger charge is 2.27. The zero-order valence-electron chi connectivity index (χ0n) is 14.8. The summed E-state index contributed by atoms with van der Waals surface area (Å²) in [6.07, 6.45) is 2.17. The number of aryl methyl sites for hydroxylation is 1. The van der Waals surface area contributed by atoms with Gasteiger partial charge in [0.2, 0.25) is 0 Å². The molecule has 134 valence electrons. The zero-order chi connectivity index (χ0) is 17.7. The predicted octanol–water partition coefficient (Wildman–Crippen LogP) is 3.15. The SMILES string of the molecule is Cc1nc(COc2cccc(C(=O)NCC3(C)CCNCC3)c2)cs1. The van der Waals surface area contributed by atoms with Gasteiger partial charge in [0.15, 0.2) is 0 Å². The fourth-order valence-electron chi connectivity index (χ4n) is 2.96. The Morgan fingerprint density at radius 1 is 1.40 bits per heavy atom. The van der Waals surface area contributed by atoms with Crippen molar-refractivity contribution in [1.82, 2.24) is 15.6 Å². The van der Waals surface area contributed by atoms with E-state index >= 15 is 0 Å². The van der Waals surface area contributed by atoms with Crippen molar-refractivity contribution >= 4 is 17.2 Å². The number of carbonyl (C=O) groups excluding carboxylic acids is 1. The number of amides is 1. The molecule has 0 bridgehead atoms. The topological polar surface area (TPSA) is 63.2 Å². The van der Waals surface area contributed by atoms with Gasteiger partial charge in [-0.1, -0.05) is 13.0 Å². The van der Waals surface area contributed by atoms with E-state index in [2.05, 4.69) is 22.5 Å². The maximum atomic E-state index is 12.5. The second kappa shape index (κ2) is 7.97. The van der Waals surface area contributed by atoms with Gasteiger partial charge in [-0.3, -0.25) is 4.79 Å². The molecule has 2 N–H and O–H groups in total. The van der Waals surface area contributed by atoms with Gasteiger partial charge in [-0.05, 0) is 56.5 Å². The van der Waals surface area contributed by atoms with Crippen molar-refractivity contribution < 1.29 is 9.53 Å². The van der Waals surface area contributed by atoms with Crippen LogP contribution in [-0.2, 0) is 6.61 Å². The number of ether oxygens (including phenoxy) is 1. The Bertz CT molecular complexity index is 723. The first-order valence-electron chi connectivity index (χ1n) is 8.67. The quantitative estimate of drug-likeness (QED) is 0.832. The molecule has 0 atom stereocenters. The molecule has 1 aromatic heterocycles.